The van der Waals surface area contributed by atoms with Gasteiger partial charge < -0.3 is 5.73 Å². The number of sulfonamides is 1. The summed E-state index contributed by atoms with van der Waals surface area (Å²) < 4.78 is 23.4. The average molecular weight is 290 g/mol. The quantitative estimate of drug-likeness (QED) is 0.402. The van der Waals surface area contributed by atoms with E-state index in [1.807, 2.05) is 10.3 Å². The Kier molecular flexibility index (Phi) is 4.16. The van der Waals surface area contributed by atoms with E-state index in [0.29, 0.717) is 5.56 Å². The number of benzene rings is 1. The standard InChI is InChI=1S/C8H10N4O4S2/c1-5-2-3-6(4-7(5)12(13)14)18(15,16)11-10-8(9)17/h2-4,11H,1H3,(H3,9,10,17). The number of rotatable bonds is 4. The van der Waals surface area contributed by atoms with E-state index < -0.39 is 14.9 Å². The molecule has 0 unspecified atom stereocenters. The van der Waals surface area contributed by atoms with Crippen molar-refractivity contribution in [3.63, 3.8) is 0 Å². The van der Waals surface area contributed by atoms with E-state index in [0.717, 1.165) is 6.07 Å². The first-order valence-electron chi connectivity index (χ1n) is 4.56. The van der Waals surface area contributed by atoms with Crippen molar-refractivity contribution in [1.29, 1.82) is 0 Å². The highest BCUT2D eigenvalue weighted by Gasteiger charge is 2.19. The summed E-state index contributed by atoms with van der Waals surface area (Å²) in [5.41, 5.74) is 7.19. The third-order valence-electron chi connectivity index (χ3n) is 2.00. The fourth-order valence-corrected chi connectivity index (χ4v) is 2.12. The minimum absolute atomic E-state index is 0.261. The first kappa shape index (κ1) is 14.3. The molecule has 8 nitrogen and oxygen atoms in total. The fourth-order valence-electron chi connectivity index (χ4n) is 1.13. The van der Waals surface area contributed by atoms with Crippen molar-refractivity contribution in [3.05, 3.63) is 33.9 Å². The summed E-state index contributed by atoms with van der Waals surface area (Å²) in [6.07, 6.45) is 0. The van der Waals surface area contributed by atoms with Crippen molar-refractivity contribution < 1.29 is 13.3 Å². The van der Waals surface area contributed by atoms with Crippen molar-refractivity contribution in [2.75, 3.05) is 0 Å². The van der Waals surface area contributed by atoms with Crippen molar-refractivity contribution in [1.82, 2.24) is 10.3 Å². The molecule has 0 fully saturated rings. The van der Waals surface area contributed by atoms with E-state index in [1.54, 1.807) is 0 Å². The van der Waals surface area contributed by atoms with Gasteiger partial charge in [-0.1, -0.05) is 6.07 Å². The third-order valence-corrected chi connectivity index (χ3v) is 3.34. The maximum absolute atomic E-state index is 11.7. The molecular formula is C8H10N4O4S2. The maximum Gasteiger partial charge on any atom is 0.273 e. The molecule has 0 aliphatic heterocycles. The molecule has 0 heterocycles. The van der Waals surface area contributed by atoms with Crippen LogP contribution in [0.25, 0.3) is 0 Å². The van der Waals surface area contributed by atoms with E-state index >= 15 is 0 Å². The second kappa shape index (κ2) is 5.25. The van der Waals surface area contributed by atoms with Gasteiger partial charge in [0, 0.05) is 11.6 Å². The fraction of sp³-hybridized carbons (Fsp3) is 0.125. The molecule has 0 atom stereocenters. The first-order chi connectivity index (χ1) is 8.24. The minimum atomic E-state index is -3.96. The number of nitro benzene ring substituents is 1. The molecule has 0 bridgehead atoms. The van der Waals surface area contributed by atoms with Gasteiger partial charge in [0.2, 0.25) is 0 Å². The highest BCUT2D eigenvalue weighted by atomic mass is 32.2. The summed E-state index contributed by atoms with van der Waals surface area (Å²) in [7, 11) is -3.96. The first-order valence-corrected chi connectivity index (χ1v) is 6.45. The second-order valence-electron chi connectivity index (χ2n) is 3.30. The predicted octanol–water partition coefficient (Wildman–Crippen LogP) is -0.0703. The number of nitrogens with two attached hydrogens (primary N) is 1. The van der Waals surface area contributed by atoms with Crippen molar-refractivity contribution in [2.24, 2.45) is 5.73 Å². The van der Waals surface area contributed by atoms with Gasteiger partial charge in [0.25, 0.3) is 15.7 Å². The number of nitro groups is 1. The normalized spacial score (nSPS) is 10.9. The molecule has 10 heteroatoms. The monoisotopic (exact) mass is 290 g/mol. The summed E-state index contributed by atoms with van der Waals surface area (Å²) in [4.78, 5) is 11.7. The van der Waals surface area contributed by atoms with E-state index in [2.05, 4.69) is 12.2 Å². The van der Waals surface area contributed by atoms with E-state index in [1.165, 1.54) is 19.1 Å². The largest absolute Gasteiger partial charge is 0.375 e. The molecule has 1 aromatic rings. The molecule has 98 valence electrons. The molecule has 0 saturated heterocycles. The van der Waals surface area contributed by atoms with Gasteiger partial charge in [0.05, 0.1) is 9.82 Å². The van der Waals surface area contributed by atoms with Crippen LogP contribution in [0.5, 0.6) is 0 Å². The zero-order valence-electron chi connectivity index (χ0n) is 9.21. The Balaban J connectivity index is 3.14. The van der Waals surface area contributed by atoms with Crippen molar-refractivity contribution in [2.45, 2.75) is 11.8 Å². The number of thiocarbonyl (C=S) groups is 1. The molecule has 4 N–H and O–H groups in total. The van der Waals surface area contributed by atoms with Crippen LogP contribution in [0, 0.1) is 17.0 Å². The van der Waals surface area contributed by atoms with Crippen LogP contribution in [0.4, 0.5) is 5.69 Å². The van der Waals surface area contributed by atoms with Crippen LogP contribution in [0.15, 0.2) is 23.1 Å². The maximum atomic E-state index is 11.7. The molecule has 0 saturated carbocycles. The average Bonchev–Trinajstić information content (AvgIpc) is 2.26. The summed E-state index contributed by atoms with van der Waals surface area (Å²) in [6, 6.07) is 3.54. The SMILES string of the molecule is Cc1ccc(S(=O)(=O)NNC(N)=S)cc1[N+](=O)[O-]. The third kappa shape index (κ3) is 3.35. The van der Waals surface area contributed by atoms with Gasteiger partial charge >= 0.3 is 0 Å². The number of hydrogen-bond acceptors (Lipinski definition) is 5. The zero-order valence-corrected chi connectivity index (χ0v) is 10.8. The molecule has 0 radical (unpaired) electrons. The van der Waals surface area contributed by atoms with Crippen LogP contribution in [0.2, 0.25) is 0 Å². The summed E-state index contributed by atoms with van der Waals surface area (Å²) in [5, 5.41) is 10.4. The van der Waals surface area contributed by atoms with Crippen LogP contribution in [0.1, 0.15) is 5.56 Å². The molecule has 1 aromatic carbocycles. The lowest BCUT2D eigenvalue weighted by atomic mass is 10.2. The molecule has 0 amide bonds. The summed E-state index contributed by atoms with van der Waals surface area (Å²) in [6.45, 7) is 1.51. The molecule has 1 rings (SSSR count). The number of nitrogens with one attached hydrogen (secondary N) is 2. The van der Waals surface area contributed by atoms with Gasteiger partial charge in [-0.15, -0.1) is 4.83 Å². The van der Waals surface area contributed by atoms with Gasteiger partial charge in [-0.3, -0.25) is 15.5 Å². The summed E-state index contributed by atoms with van der Waals surface area (Å²) >= 11 is 4.43. The topological polar surface area (TPSA) is 127 Å². The Morgan fingerprint density at radius 1 is 1.50 bits per heavy atom. The van der Waals surface area contributed by atoms with Crippen molar-refractivity contribution in [3.8, 4) is 0 Å². The lowest BCUT2D eigenvalue weighted by molar-refractivity contribution is -0.385. The van der Waals surface area contributed by atoms with Crippen LogP contribution >= 0.6 is 12.2 Å². The smallest absolute Gasteiger partial charge is 0.273 e. The highest BCUT2D eigenvalue weighted by Crippen LogP contribution is 2.21. The molecule has 0 aromatic heterocycles. The number of hydrazine groups is 1. The molecule has 0 aliphatic rings. The number of hydrogen-bond donors (Lipinski definition) is 3. The zero-order chi connectivity index (χ0) is 13.9. The van der Waals surface area contributed by atoms with E-state index in [9.17, 15) is 18.5 Å². The van der Waals surface area contributed by atoms with Gasteiger partial charge in [-0.2, -0.15) is 0 Å². The Morgan fingerprint density at radius 3 is 2.61 bits per heavy atom. The molecular weight excluding hydrogens is 280 g/mol. The Hall–Kier alpha value is -1.78. The lowest BCUT2D eigenvalue weighted by Gasteiger charge is -2.08. The predicted molar refractivity (Wildman–Crippen MR) is 68.1 cm³/mol. The molecule has 0 aliphatic carbocycles. The number of aryl methyl sites for hydroxylation is 1. The highest BCUT2D eigenvalue weighted by molar-refractivity contribution is 7.89. The van der Waals surface area contributed by atoms with Gasteiger partial charge in [-0.25, -0.2) is 8.42 Å². The molecule has 18 heavy (non-hydrogen) atoms. The Morgan fingerprint density at radius 2 is 2.11 bits per heavy atom. The van der Waals surface area contributed by atoms with Crippen LogP contribution < -0.4 is 16.0 Å². The Bertz CT molecular complexity index is 599. The summed E-state index contributed by atoms with van der Waals surface area (Å²) in [5.74, 6) is 0. The van der Waals surface area contributed by atoms with Crippen molar-refractivity contribution >= 4 is 33.0 Å². The van der Waals surface area contributed by atoms with Crippen LogP contribution in [0.3, 0.4) is 0 Å². The number of nitrogens with zero attached hydrogens (tertiary/aromatic N) is 1. The van der Waals surface area contributed by atoms with Crippen LogP contribution in [-0.2, 0) is 10.0 Å². The Labute approximate surface area is 108 Å². The van der Waals surface area contributed by atoms with Gasteiger partial charge in [-0.05, 0) is 25.2 Å². The van der Waals surface area contributed by atoms with E-state index in [-0.39, 0.29) is 15.7 Å². The van der Waals surface area contributed by atoms with E-state index in [4.69, 9.17) is 5.73 Å². The van der Waals surface area contributed by atoms with Gasteiger partial charge in [0.1, 0.15) is 0 Å². The van der Waals surface area contributed by atoms with Gasteiger partial charge in [0.15, 0.2) is 5.11 Å². The van der Waals surface area contributed by atoms with Crippen LogP contribution in [-0.4, -0.2) is 18.5 Å². The second-order valence-corrected chi connectivity index (χ2v) is 5.42. The minimum Gasteiger partial charge on any atom is -0.375 e. The lowest BCUT2D eigenvalue weighted by Crippen LogP contribution is -2.44. The molecule has 0 spiro atoms.